The Bertz CT molecular complexity index is 512. The number of allylic oxidation sites excluding steroid dienone is 1. The zero-order valence-corrected chi connectivity index (χ0v) is 15.9. The van der Waals surface area contributed by atoms with Gasteiger partial charge in [-0.3, -0.25) is 0 Å². The zero-order valence-electron chi connectivity index (χ0n) is 15.9. The van der Waals surface area contributed by atoms with Crippen molar-refractivity contribution in [3.05, 3.63) is 11.6 Å². The number of aliphatic hydroxyl groups is 1. The molecule has 0 bridgehead atoms. The summed E-state index contributed by atoms with van der Waals surface area (Å²) < 4.78 is 6.31. The van der Waals surface area contributed by atoms with Crippen LogP contribution in [0.5, 0.6) is 0 Å². The maximum Gasteiger partial charge on any atom is 0.0724 e. The lowest BCUT2D eigenvalue weighted by molar-refractivity contribution is -0.0969. The van der Waals surface area contributed by atoms with Crippen LogP contribution in [-0.2, 0) is 4.74 Å². The first-order chi connectivity index (χ1) is 11.5. The largest absolute Gasteiger partial charge is 0.389 e. The average Bonchev–Trinajstić information content (AvgIpc) is 2.90. The van der Waals surface area contributed by atoms with Gasteiger partial charge in [-0.05, 0) is 86.4 Å². The molecule has 0 spiro atoms. The van der Waals surface area contributed by atoms with Gasteiger partial charge >= 0.3 is 0 Å². The molecule has 3 fully saturated rings. The molecule has 0 amide bonds. The Balaban J connectivity index is 1.58. The van der Waals surface area contributed by atoms with Crippen molar-refractivity contribution in [1.29, 1.82) is 0 Å². The van der Waals surface area contributed by atoms with Crippen LogP contribution in [0.2, 0.25) is 0 Å². The smallest absolute Gasteiger partial charge is 0.0724 e. The molecule has 24 heavy (non-hydrogen) atoms. The van der Waals surface area contributed by atoms with E-state index < -0.39 is 0 Å². The lowest BCUT2D eigenvalue weighted by Gasteiger charge is -2.58. The molecule has 0 aromatic carbocycles. The number of ether oxygens (including phenoxy) is 1. The molecule has 1 N–H and O–H groups in total. The van der Waals surface area contributed by atoms with Crippen molar-refractivity contribution in [3.63, 3.8) is 0 Å². The van der Waals surface area contributed by atoms with Crippen molar-refractivity contribution in [2.45, 2.75) is 90.8 Å². The SMILES string of the molecule is CCCO[C@H]1CC[C@@H]2[C@@H]3CCC4=C[C@@H](O)CC[C@]4(C)[C@H]3CC[C@]12C. The maximum absolute atomic E-state index is 10.1. The molecule has 4 aliphatic rings. The molecular weight excluding hydrogens is 296 g/mol. The molecule has 0 aromatic rings. The van der Waals surface area contributed by atoms with Gasteiger partial charge in [-0.25, -0.2) is 0 Å². The average molecular weight is 333 g/mol. The molecule has 0 heterocycles. The molecule has 0 aliphatic heterocycles. The maximum atomic E-state index is 10.1. The summed E-state index contributed by atoms with van der Waals surface area (Å²) in [5, 5.41) is 10.1. The molecule has 4 rings (SSSR count). The second kappa shape index (κ2) is 6.13. The number of hydrogen-bond acceptors (Lipinski definition) is 2. The van der Waals surface area contributed by atoms with E-state index in [1.54, 1.807) is 5.57 Å². The van der Waals surface area contributed by atoms with Gasteiger partial charge in [0.2, 0.25) is 0 Å². The quantitative estimate of drug-likeness (QED) is 0.728. The van der Waals surface area contributed by atoms with Crippen LogP contribution in [-0.4, -0.2) is 23.9 Å². The fourth-order valence-electron chi connectivity index (χ4n) is 7.20. The van der Waals surface area contributed by atoms with E-state index in [9.17, 15) is 5.11 Å². The second-order valence-electron chi connectivity index (χ2n) is 9.61. The van der Waals surface area contributed by atoms with E-state index in [-0.39, 0.29) is 6.10 Å². The van der Waals surface area contributed by atoms with Gasteiger partial charge in [-0.1, -0.05) is 32.4 Å². The minimum absolute atomic E-state index is 0.184. The Morgan fingerprint density at radius 2 is 1.92 bits per heavy atom. The monoisotopic (exact) mass is 332 g/mol. The Kier molecular flexibility index (Phi) is 4.36. The molecule has 0 saturated heterocycles. The van der Waals surface area contributed by atoms with Crippen LogP contribution in [0.3, 0.4) is 0 Å². The fourth-order valence-corrected chi connectivity index (χ4v) is 7.20. The van der Waals surface area contributed by atoms with Gasteiger partial charge in [-0.15, -0.1) is 0 Å². The highest BCUT2D eigenvalue weighted by Crippen LogP contribution is 2.65. The van der Waals surface area contributed by atoms with Crippen molar-refractivity contribution in [1.82, 2.24) is 0 Å². The van der Waals surface area contributed by atoms with Crippen molar-refractivity contribution in [3.8, 4) is 0 Å². The van der Waals surface area contributed by atoms with Gasteiger partial charge < -0.3 is 9.84 Å². The van der Waals surface area contributed by atoms with Crippen LogP contribution in [0.4, 0.5) is 0 Å². The van der Waals surface area contributed by atoms with Crippen LogP contribution in [0, 0.1) is 28.6 Å². The summed E-state index contributed by atoms with van der Waals surface area (Å²) >= 11 is 0. The molecule has 0 unspecified atom stereocenters. The highest BCUT2D eigenvalue weighted by Gasteiger charge is 2.59. The van der Waals surface area contributed by atoms with Crippen molar-refractivity contribution < 1.29 is 9.84 Å². The Hall–Kier alpha value is -0.340. The van der Waals surface area contributed by atoms with E-state index in [2.05, 4.69) is 26.8 Å². The van der Waals surface area contributed by atoms with Gasteiger partial charge in [0.1, 0.15) is 0 Å². The van der Waals surface area contributed by atoms with Gasteiger partial charge in [0.25, 0.3) is 0 Å². The lowest BCUT2D eigenvalue weighted by Crippen LogP contribution is -2.51. The highest BCUT2D eigenvalue weighted by molar-refractivity contribution is 5.25. The fraction of sp³-hybridized carbons (Fsp3) is 0.909. The molecule has 3 saturated carbocycles. The third-order valence-corrected chi connectivity index (χ3v) is 8.53. The lowest BCUT2D eigenvalue weighted by atomic mass is 9.47. The highest BCUT2D eigenvalue weighted by atomic mass is 16.5. The molecule has 136 valence electrons. The molecule has 2 heteroatoms. The third kappa shape index (κ3) is 2.43. The molecule has 0 radical (unpaired) electrons. The topological polar surface area (TPSA) is 29.5 Å². The molecular formula is C22H36O2. The van der Waals surface area contributed by atoms with Crippen LogP contribution in [0.1, 0.15) is 78.6 Å². The summed E-state index contributed by atoms with van der Waals surface area (Å²) in [5.41, 5.74) is 2.37. The van der Waals surface area contributed by atoms with E-state index in [1.807, 2.05) is 0 Å². The van der Waals surface area contributed by atoms with Crippen molar-refractivity contribution in [2.24, 2.45) is 28.6 Å². The zero-order chi connectivity index (χ0) is 16.9. The van der Waals surface area contributed by atoms with Gasteiger partial charge in [0, 0.05) is 6.61 Å². The van der Waals surface area contributed by atoms with E-state index in [0.717, 1.165) is 37.2 Å². The summed E-state index contributed by atoms with van der Waals surface area (Å²) in [5.74, 6) is 2.59. The predicted octanol–water partition coefficient (Wildman–Crippen LogP) is 5.11. The number of hydrogen-bond donors (Lipinski definition) is 1. The van der Waals surface area contributed by atoms with Crippen LogP contribution < -0.4 is 0 Å². The summed E-state index contributed by atoms with van der Waals surface area (Å²) in [6.45, 7) is 8.21. The van der Waals surface area contributed by atoms with E-state index in [4.69, 9.17) is 4.74 Å². The van der Waals surface area contributed by atoms with Crippen LogP contribution in [0.15, 0.2) is 11.6 Å². The molecule has 0 aromatic heterocycles. The van der Waals surface area contributed by atoms with Crippen LogP contribution >= 0.6 is 0 Å². The van der Waals surface area contributed by atoms with Gasteiger partial charge in [0.15, 0.2) is 0 Å². The van der Waals surface area contributed by atoms with E-state index in [0.29, 0.717) is 16.9 Å². The second-order valence-corrected chi connectivity index (χ2v) is 9.61. The number of aliphatic hydroxyl groups excluding tert-OH is 1. The summed E-state index contributed by atoms with van der Waals surface area (Å²) in [7, 11) is 0. The normalized spacial score (nSPS) is 50.7. The summed E-state index contributed by atoms with van der Waals surface area (Å²) in [6, 6.07) is 0. The Morgan fingerprint density at radius 1 is 1.08 bits per heavy atom. The first-order valence-corrected chi connectivity index (χ1v) is 10.5. The van der Waals surface area contributed by atoms with Gasteiger partial charge in [0.05, 0.1) is 12.2 Å². The first-order valence-electron chi connectivity index (χ1n) is 10.5. The molecule has 2 nitrogen and oxygen atoms in total. The number of fused-ring (bicyclic) bond motifs is 5. The minimum Gasteiger partial charge on any atom is -0.389 e. The predicted molar refractivity (Wildman–Crippen MR) is 97.7 cm³/mol. The third-order valence-electron chi connectivity index (χ3n) is 8.53. The van der Waals surface area contributed by atoms with Crippen LogP contribution in [0.25, 0.3) is 0 Å². The standard InChI is InChI=1S/C22H36O2/c1-4-13-24-20-8-7-18-17-6-5-15-14-16(23)9-11-21(15,2)19(17)10-12-22(18,20)3/h14,16-20,23H,4-13H2,1-3H3/t16-,17-,18+,19-,20-,21-,22-/m0/s1. The van der Waals surface area contributed by atoms with E-state index in [1.165, 1.54) is 44.9 Å². The van der Waals surface area contributed by atoms with Gasteiger partial charge in [-0.2, -0.15) is 0 Å². The minimum atomic E-state index is -0.184. The Morgan fingerprint density at radius 3 is 2.71 bits per heavy atom. The first kappa shape index (κ1) is 17.1. The van der Waals surface area contributed by atoms with E-state index >= 15 is 0 Å². The Labute approximate surface area is 148 Å². The van der Waals surface area contributed by atoms with Crippen molar-refractivity contribution in [2.75, 3.05) is 6.61 Å². The molecule has 4 aliphatic carbocycles. The summed E-state index contributed by atoms with van der Waals surface area (Å²) in [6.07, 6.45) is 13.8. The number of rotatable bonds is 3. The van der Waals surface area contributed by atoms with Crippen molar-refractivity contribution >= 4 is 0 Å². The summed E-state index contributed by atoms with van der Waals surface area (Å²) in [4.78, 5) is 0. The molecule has 7 atom stereocenters.